The number of amides is 1. The van der Waals surface area contributed by atoms with Crippen LogP contribution in [0.15, 0.2) is 82.5 Å². The molecule has 6 N–H and O–H groups in total. The fourth-order valence-electron chi connectivity index (χ4n) is 2.55. The maximum atomic E-state index is 12.3. The van der Waals surface area contributed by atoms with Crippen molar-refractivity contribution in [3.05, 3.63) is 82.5 Å². The van der Waals surface area contributed by atoms with E-state index >= 15 is 0 Å². The summed E-state index contributed by atoms with van der Waals surface area (Å²) in [5.74, 6) is 0.934. The first-order valence-electron chi connectivity index (χ1n) is 8.55. The number of hydrazine groups is 1. The zero-order valence-electron chi connectivity index (χ0n) is 14.7. The summed E-state index contributed by atoms with van der Waals surface area (Å²) in [4.78, 5) is 12.3. The minimum absolute atomic E-state index is 0.0742. The number of carbonyl (C=O) groups excluding carboxylic acids is 1. The van der Waals surface area contributed by atoms with E-state index in [0.29, 0.717) is 5.82 Å². The van der Waals surface area contributed by atoms with E-state index in [9.17, 15) is 4.79 Å². The van der Waals surface area contributed by atoms with Crippen molar-refractivity contribution in [3.63, 3.8) is 0 Å². The molecule has 3 rings (SSSR count). The topological polar surface area (TPSA) is 91.2 Å². The number of hydrogen-bond acceptors (Lipinski definition) is 6. The molecule has 27 heavy (non-hydrogen) atoms. The van der Waals surface area contributed by atoms with Crippen LogP contribution < -0.4 is 27.2 Å². The van der Waals surface area contributed by atoms with E-state index in [4.69, 9.17) is 17.3 Å². The van der Waals surface area contributed by atoms with E-state index in [1.165, 1.54) is 17.3 Å². The highest BCUT2D eigenvalue weighted by molar-refractivity contribution is 8.02. The third-order valence-electron chi connectivity index (χ3n) is 3.98. The highest BCUT2D eigenvalue weighted by atomic mass is 35.5. The number of halogens is 1. The van der Waals surface area contributed by atoms with Gasteiger partial charge in [-0.3, -0.25) is 10.2 Å². The molecule has 142 valence electrons. The summed E-state index contributed by atoms with van der Waals surface area (Å²) >= 11 is 7.49. The molecule has 0 spiro atoms. The van der Waals surface area contributed by atoms with Crippen LogP contribution in [0.3, 0.4) is 0 Å². The molecule has 0 aromatic carbocycles. The van der Waals surface area contributed by atoms with Crippen molar-refractivity contribution in [2.75, 3.05) is 12.3 Å². The summed E-state index contributed by atoms with van der Waals surface area (Å²) < 4.78 is 0. The summed E-state index contributed by atoms with van der Waals surface area (Å²) in [5.41, 5.74) is 15.1. The fraction of sp³-hybridized carbons (Fsp3) is 0.211. The molecule has 6 nitrogen and oxygen atoms in total. The lowest BCUT2D eigenvalue weighted by Crippen LogP contribution is -2.40. The van der Waals surface area contributed by atoms with Crippen molar-refractivity contribution in [3.8, 4) is 0 Å². The molecule has 3 aliphatic rings. The molecule has 0 fully saturated rings. The summed E-state index contributed by atoms with van der Waals surface area (Å²) in [6, 6.07) is 0. The molecule has 8 heteroatoms. The number of hydrogen-bond donors (Lipinski definition) is 5. The number of alkyl halides is 1. The molecule has 2 aliphatic heterocycles. The van der Waals surface area contributed by atoms with Crippen molar-refractivity contribution >= 4 is 29.3 Å². The molecule has 1 amide bonds. The molecule has 2 heterocycles. The van der Waals surface area contributed by atoms with E-state index in [2.05, 4.69) is 33.6 Å². The van der Waals surface area contributed by atoms with Gasteiger partial charge in [0.05, 0.1) is 5.38 Å². The van der Waals surface area contributed by atoms with Crippen molar-refractivity contribution in [2.45, 2.75) is 11.8 Å². The Kier molecular flexibility index (Phi) is 6.73. The summed E-state index contributed by atoms with van der Waals surface area (Å²) in [5, 5.41) is 7.62. The largest absolute Gasteiger partial charge is 0.394 e. The molecule has 0 bridgehead atoms. The van der Waals surface area contributed by atoms with E-state index < -0.39 is 0 Å². The second-order valence-electron chi connectivity index (χ2n) is 6.06. The predicted octanol–water partition coefficient (Wildman–Crippen LogP) is 2.01. The third-order valence-corrected chi connectivity index (χ3v) is 5.23. The van der Waals surface area contributed by atoms with Gasteiger partial charge in [0, 0.05) is 24.1 Å². The van der Waals surface area contributed by atoms with Crippen LogP contribution in [0.2, 0.25) is 0 Å². The second kappa shape index (κ2) is 9.43. The standard InChI is InChI=1S/C19H22ClN5OS/c20-16-3-1-13(2-4-16)11-27-12-17(21)19(26)24-18-9-15(10-23-25-18)14-5-7-22-8-6-14/h1-3,5-7,9-10,12,16,22-23,25H,4,8,11,21H2,(H,24,26)/b17-12-. The number of allylic oxidation sites excluding steroid dienone is 7. The van der Waals surface area contributed by atoms with Gasteiger partial charge in [0.1, 0.15) is 11.5 Å². The summed E-state index contributed by atoms with van der Waals surface area (Å²) in [6.07, 6.45) is 16.6. The van der Waals surface area contributed by atoms with Crippen LogP contribution in [0.4, 0.5) is 0 Å². The van der Waals surface area contributed by atoms with Gasteiger partial charge in [-0.15, -0.1) is 23.4 Å². The van der Waals surface area contributed by atoms with Crippen LogP contribution in [0.5, 0.6) is 0 Å². The average Bonchev–Trinajstić information content (AvgIpc) is 2.70. The molecule has 0 aromatic heterocycles. The molecular weight excluding hydrogens is 382 g/mol. The number of nitrogens with two attached hydrogens (primary N) is 1. The van der Waals surface area contributed by atoms with Gasteiger partial charge in [0.25, 0.3) is 5.91 Å². The Balaban J connectivity index is 1.52. The fourth-order valence-corrected chi connectivity index (χ4v) is 3.49. The van der Waals surface area contributed by atoms with Gasteiger partial charge >= 0.3 is 0 Å². The Morgan fingerprint density at radius 3 is 3.00 bits per heavy atom. The molecule has 1 atom stereocenters. The summed E-state index contributed by atoms with van der Waals surface area (Å²) in [6.45, 7) is 0.774. The van der Waals surface area contributed by atoms with Gasteiger partial charge < -0.3 is 21.8 Å². The van der Waals surface area contributed by atoms with Crippen LogP contribution in [-0.2, 0) is 4.79 Å². The van der Waals surface area contributed by atoms with Crippen LogP contribution in [0, 0.1) is 0 Å². The SMILES string of the molecule is N/C(=C\SCC1=CCC(Cl)C=C1)C(=O)NC1=CC(C2=CCNC=C2)=CNN1. The smallest absolute Gasteiger partial charge is 0.273 e. The lowest BCUT2D eigenvalue weighted by molar-refractivity contribution is -0.117. The van der Waals surface area contributed by atoms with Crippen molar-refractivity contribution in [1.82, 2.24) is 21.5 Å². The van der Waals surface area contributed by atoms with Crippen LogP contribution in [0.25, 0.3) is 0 Å². The maximum absolute atomic E-state index is 12.3. The lowest BCUT2D eigenvalue weighted by atomic mass is 10.0. The van der Waals surface area contributed by atoms with E-state index in [-0.39, 0.29) is 17.0 Å². The number of thioether (sulfide) groups is 1. The normalized spacial score (nSPS) is 21.7. The van der Waals surface area contributed by atoms with E-state index in [0.717, 1.165) is 29.9 Å². The molecule has 0 saturated carbocycles. The highest BCUT2D eigenvalue weighted by Crippen LogP contribution is 2.20. The van der Waals surface area contributed by atoms with Gasteiger partial charge in [-0.25, -0.2) is 0 Å². The first kappa shape index (κ1) is 19.3. The Labute approximate surface area is 168 Å². The second-order valence-corrected chi connectivity index (χ2v) is 7.47. The Morgan fingerprint density at radius 2 is 2.26 bits per heavy atom. The van der Waals surface area contributed by atoms with Crippen LogP contribution >= 0.6 is 23.4 Å². The predicted molar refractivity (Wildman–Crippen MR) is 112 cm³/mol. The minimum atomic E-state index is -0.354. The average molecular weight is 404 g/mol. The van der Waals surface area contributed by atoms with Gasteiger partial charge in [0.15, 0.2) is 0 Å². The first-order chi connectivity index (χ1) is 13.1. The molecule has 1 unspecified atom stereocenters. The quantitative estimate of drug-likeness (QED) is 0.344. The van der Waals surface area contributed by atoms with Crippen LogP contribution in [-0.4, -0.2) is 23.6 Å². The molecular formula is C19H22ClN5OS. The monoisotopic (exact) mass is 403 g/mol. The number of rotatable bonds is 6. The van der Waals surface area contributed by atoms with Gasteiger partial charge in [0.2, 0.25) is 0 Å². The van der Waals surface area contributed by atoms with Crippen molar-refractivity contribution in [1.29, 1.82) is 0 Å². The van der Waals surface area contributed by atoms with Crippen molar-refractivity contribution in [2.24, 2.45) is 5.73 Å². The molecule has 0 aromatic rings. The van der Waals surface area contributed by atoms with E-state index in [1.807, 2.05) is 36.7 Å². The van der Waals surface area contributed by atoms with Gasteiger partial charge in [-0.2, -0.15) is 0 Å². The van der Waals surface area contributed by atoms with Crippen molar-refractivity contribution < 1.29 is 4.79 Å². The van der Waals surface area contributed by atoms with Gasteiger partial charge in [-0.1, -0.05) is 24.3 Å². The summed E-state index contributed by atoms with van der Waals surface area (Å²) in [7, 11) is 0. The molecule has 0 saturated heterocycles. The Morgan fingerprint density at radius 1 is 1.37 bits per heavy atom. The van der Waals surface area contributed by atoms with Gasteiger partial charge in [-0.05, 0) is 41.3 Å². The minimum Gasteiger partial charge on any atom is -0.394 e. The lowest BCUT2D eigenvalue weighted by Gasteiger charge is -2.19. The van der Waals surface area contributed by atoms with Crippen LogP contribution in [0.1, 0.15) is 6.42 Å². The Hall–Kier alpha value is -2.51. The molecule has 0 radical (unpaired) electrons. The zero-order chi connectivity index (χ0) is 19.1. The number of dihydropyridines is 1. The zero-order valence-corrected chi connectivity index (χ0v) is 16.2. The Bertz CT molecular complexity index is 807. The maximum Gasteiger partial charge on any atom is 0.273 e. The van der Waals surface area contributed by atoms with E-state index in [1.54, 1.807) is 5.41 Å². The first-order valence-corrected chi connectivity index (χ1v) is 10.0. The molecule has 1 aliphatic carbocycles. The highest BCUT2D eigenvalue weighted by Gasteiger charge is 2.13. The number of nitrogens with one attached hydrogen (secondary N) is 4. The third kappa shape index (κ3) is 5.74. The number of carbonyl (C=O) groups is 1.